The number of nitrogens with zero attached hydrogens (tertiary/aromatic N) is 4. The number of aromatic nitrogens is 2. The molecule has 0 radical (unpaired) electrons. The molecule has 226 valence electrons. The Balaban J connectivity index is 1.43. The van der Waals surface area contributed by atoms with Gasteiger partial charge in [0.2, 0.25) is 0 Å². The number of rotatable bonds is 6. The molecule has 9 rings (SSSR count). The SMILES string of the molecule is c1ccc(N(c2nccc3ccccc23)c2c3ccccc3c(N(c3ccccc3)c3nccc4ccccc34)c3ccccc23)cc1. The van der Waals surface area contributed by atoms with Gasteiger partial charge in [-0.25, -0.2) is 9.97 Å². The highest BCUT2D eigenvalue weighted by Gasteiger charge is 2.27. The zero-order chi connectivity index (χ0) is 31.9. The third-order valence-corrected chi connectivity index (χ3v) is 9.08. The van der Waals surface area contributed by atoms with Crippen LogP contribution in [0.5, 0.6) is 0 Å². The molecular weight excluding hydrogens is 585 g/mol. The van der Waals surface area contributed by atoms with E-state index in [1.807, 2.05) is 12.4 Å². The predicted octanol–water partition coefficient (Wildman–Crippen LogP) is 12.0. The Morgan fingerprint density at radius 2 is 0.604 bits per heavy atom. The van der Waals surface area contributed by atoms with E-state index in [0.29, 0.717) is 0 Å². The van der Waals surface area contributed by atoms with Crippen molar-refractivity contribution >= 4 is 77.5 Å². The summed E-state index contributed by atoms with van der Waals surface area (Å²) < 4.78 is 0. The molecule has 7 aromatic carbocycles. The molecule has 0 bridgehead atoms. The molecule has 9 aromatic rings. The maximum absolute atomic E-state index is 5.07. The Morgan fingerprint density at radius 3 is 0.979 bits per heavy atom. The summed E-state index contributed by atoms with van der Waals surface area (Å²) in [6.45, 7) is 0. The number of fused-ring (bicyclic) bond motifs is 4. The summed E-state index contributed by atoms with van der Waals surface area (Å²) in [5.74, 6) is 1.77. The minimum atomic E-state index is 0.887. The second kappa shape index (κ2) is 11.7. The van der Waals surface area contributed by atoms with Crippen molar-refractivity contribution in [2.24, 2.45) is 0 Å². The topological polar surface area (TPSA) is 32.3 Å². The average molecular weight is 615 g/mol. The normalized spacial score (nSPS) is 11.3. The van der Waals surface area contributed by atoms with Crippen LogP contribution in [-0.2, 0) is 0 Å². The van der Waals surface area contributed by atoms with Crippen molar-refractivity contribution in [1.82, 2.24) is 9.97 Å². The number of anilines is 6. The van der Waals surface area contributed by atoms with Crippen LogP contribution >= 0.6 is 0 Å². The minimum absolute atomic E-state index is 0.887. The standard InChI is InChI=1S/C44H30N4/c1-3-17-33(18-4-1)47(43-35-21-9-7-15-31(35)27-29-45-43)41-37-23-11-13-25-39(37)42(40-26-14-12-24-38(40)41)48(34-19-5-2-6-20-34)44-36-22-10-8-16-32(36)28-30-46-44/h1-30H. The molecule has 0 unspecified atom stereocenters. The first-order valence-electron chi connectivity index (χ1n) is 16.2. The van der Waals surface area contributed by atoms with Crippen LogP contribution in [0.1, 0.15) is 0 Å². The van der Waals surface area contributed by atoms with Crippen molar-refractivity contribution in [3.05, 3.63) is 182 Å². The molecule has 2 aromatic heterocycles. The first kappa shape index (κ1) is 27.8. The predicted molar refractivity (Wildman–Crippen MR) is 201 cm³/mol. The number of para-hydroxylation sites is 2. The molecule has 0 fully saturated rings. The Kier molecular flexibility index (Phi) is 6.76. The van der Waals surface area contributed by atoms with Crippen molar-refractivity contribution in [3.63, 3.8) is 0 Å². The van der Waals surface area contributed by atoms with Gasteiger partial charge in [0, 0.05) is 56.1 Å². The number of pyridine rings is 2. The van der Waals surface area contributed by atoms with Crippen molar-refractivity contribution in [2.75, 3.05) is 9.80 Å². The fraction of sp³-hybridized carbons (Fsp3) is 0. The summed E-state index contributed by atoms with van der Waals surface area (Å²) in [4.78, 5) is 14.8. The van der Waals surface area contributed by atoms with Gasteiger partial charge in [-0.1, -0.05) is 133 Å². The van der Waals surface area contributed by atoms with Gasteiger partial charge in [-0.3, -0.25) is 9.80 Å². The van der Waals surface area contributed by atoms with Gasteiger partial charge in [0.05, 0.1) is 11.4 Å². The zero-order valence-electron chi connectivity index (χ0n) is 26.1. The van der Waals surface area contributed by atoms with Gasteiger partial charge in [0.25, 0.3) is 0 Å². The minimum Gasteiger partial charge on any atom is -0.293 e. The molecule has 2 heterocycles. The Hall–Kier alpha value is -6.52. The Labute approximate surface area is 278 Å². The molecule has 0 amide bonds. The fourth-order valence-electron chi connectivity index (χ4n) is 7.00. The largest absolute Gasteiger partial charge is 0.293 e. The summed E-state index contributed by atoms with van der Waals surface area (Å²) in [6, 6.07) is 59.8. The van der Waals surface area contributed by atoms with Gasteiger partial charge in [-0.05, 0) is 47.2 Å². The first-order chi connectivity index (χ1) is 23.9. The monoisotopic (exact) mass is 614 g/mol. The van der Waals surface area contributed by atoms with E-state index in [0.717, 1.165) is 77.5 Å². The fourth-order valence-corrected chi connectivity index (χ4v) is 7.00. The van der Waals surface area contributed by atoms with Gasteiger partial charge in [0.15, 0.2) is 0 Å². The second-order valence-electron chi connectivity index (χ2n) is 11.8. The van der Waals surface area contributed by atoms with Crippen LogP contribution in [0.3, 0.4) is 0 Å². The van der Waals surface area contributed by atoms with E-state index in [9.17, 15) is 0 Å². The molecule has 0 saturated carbocycles. The van der Waals surface area contributed by atoms with E-state index in [4.69, 9.17) is 9.97 Å². The summed E-state index contributed by atoms with van der Waals surface area (Å²) in [5.41, 5.74) is 4.25. The van der Waals surface area contributed by atoms with Gasteiger partial charge in [0.1, 0.15) is 11.6 Å². The molecule has 4 heteroatoms. The van der Waals surface area contributed by atoms with Gasteiger partial charge < -0.3 is 0 Å². The smallest absolute Gasteiger partial charge is 0.145 e. The Morgan fingerprint density at radius 1 is 0.292 bits per heavy atom. The number of hydrogen-bond acceptors (Lipinski definition) is 4. The summed E-state index contributed by atoms with van der Waals surface area (Å²) in [7, 11) is 0. The quantitative estimate of drug-likeness (QED) is 0.138. The van der Waals surface area contributed by atoms with Crippen LogP contribution in [0.2, 0.25) is 0 Å². The van der Waals surface area contributed by atoms with Crippen molar-refractivity contribution in [1.29, 1.82) is 0 Å². The maximum Gasteiger partial charge on any atom is 0.145 e. The lowest BCUT2D eigenvalue weighted by molar-refractivity contribution is 1.21. The van der Waals surface area contributed by atoms with Crippen LogP contribution in [0.4, 0.5) is 34.4 Å². The van der Waals surface area contributed by atoms with Crippen LogP contribution in [0.25, 0.3) is 43.1 Å². The maximum atomic E-state index is 5.07. The van der Waals surface area contributed by atoms with Gasteiger partial charge >= 0.3 is 0 Å². The molecule has 48 heavy (non-hydrogen) atoms. The molecule has 0 atom stereocenters. The molecule has 4 nitrogen and oxygen atoms in total. The summed E-state index contributed by atoms with van der Waals surface area (Å²) in [5, 5.41) is 8.93. The lowest BCUT2D eigenvalue weighted by Gasteiger charge is -2.32. The Bertz CT molecular complexity index is 2330. The third-order valence-electron chi connectivity index (χ3n) is 9.08. The van der Waals surface area contributed by atoms with E-state index in [1.54, 1.807) is 0 Å². The highest BCUT2D eigenvalue weighted by molar-refractivity contribution is 6.24. The van der Waals surface area contributed by atoms with Crippen molar-refractivity contribution in [2.45, 2.75) is 0 Å². The highest BCUT2D eigenvalue weighted by Crippen LogP contribution is 2.51. The number of benzene rings is 7. The van der Waals surface area contributed by atoms with Gasteiger partial charge in [-0.15, -0.1) is 0 Å². The van der Waals surface area contributed by atoms with E-state index >= 15 is 0 Å². The number of hydrogen-bond donors (Lipinski definition) is 0. The molecule has 0 aliphatic heterocycles. The molecule has 0 saturated heterocycles. The van der Waals surface area contributed by atoms with Crippen LogP contribution in [0, 0.1) is 0 Å². The second-order valence-corrected chi connectivity index (χ2v) is 11.8. The van der Waals surface area contributed by atoms with Crippen molar-refractivity contribution in [3.8, 4) is 0 Å². The summed E-state index contributed by atoms with van der Waals surface area (Å²) >= 11 is 0. The van der Waals surface area contributed by atoms with Gasteiger partial charge in [-0.2, -0.15) is 0 Å². The molecule has 0 aliphatic carbocycles. The molecule has 0 spiro atoms. The molecule has 0 N–H and O–H groups in total. The van der Waals surface area contributed by atoms with E-state index in [1.165, 1.54) is 0 Å². The molecular formula is C44H30N4. The average Bonchev–Trinajstić information content (AvgIpc) is 3.17. The first-order valence-corrected chi connectivity index (χ1v) is 16.2. The van der Waals surface area contributed by atoms with Crippen LogP contribution in [-0.4, -0.2) is 9.97 Å². The van der Waals surface area contributed by atoms with E-state index in [-0.39, 0.29) is 0 Å². The molecule has 0 aliphatic rings. The summed E-state index contributed by atoms with van der Waals surface area (Å²) in [6.07, 6.45) is 3.82. The van der Waals surface area contributed by atoms with Crippen LogP contribution < -0.4 is 9.80 Å². The van der Waals surface area contributed by atoms with Crippen LogP contribution in [0.15, 0.2) is 182 Å². The highest BCUT2D eigenvalue weighted by atomic mass is 15.2. The van der Waals surface area contributed by atoms with Crippen molar-refractivity contribution < 1.29 is 0 Å². The third kappa shape index (κ3) is 4.54. The van der Waals surface area contributed by atoms with E-state index < -0.39 is 0 Å². The zero-order valence-corrected chi connectivity index (χ0v) is 26.1. The lowest BCUT2D eigenvalue weighted by Crippen LogP contribution is -2.16. The lowest BCUT2D eigenvalue weighted by atomic mass is 9.95. The van der Waals surface area contributed by atoms with E-state index in [2.05, 4.69) is 180 Å².